The molecule has 0 saturated carbocycles. The van der Waals surface area contributed by atoms with Crippen LogP contribution in [0.25, 0.3) is 0 Å². The average molecular weight is 234 g/mol. The normalized spacial score (nSPS) is 10.5. The SMILES string of the molecule is CC=CC(=O)N(C)Cc1ccccc1[N+](=O)[O-]. The lowest BCUT2D eigenvalue weighted by Gasteiger charge is -2.14. The van der Waals surface area contributed by atoms with Crippen molar-refractivity contribution in [2.45, 2.75) is 13.5 Å². The quantitative estimate of drug-likeness (QED) is 0.455. The van der Waals surface area contributed by atoms with Gasteiger partial charge in [-0.3, -0.25) is 14.9 Å². The Balaban J connectivity index is 2.88. The summed E-state index contributed by atoms with van der Waals surface area (Å²) in [4.78, 5) is 23.3. The standard InChI is InChI=1S/C12H14N2O3/c1-3-6-12(15)13(2)9-10-7-4-5-8-11(10)14(16)17/h3-8H,9H2,1-2H3. The summed E-state index contributed by atoms with van der Waals surface area (Å²) >= 11 is 0. The first-order valence-electron chi connectivity index (χ1n) is 5.16. The number of nitro groups is 1. The molecular weight excluding hydrogens is 220 g/mol. The van der Waals surface area contributed by atoms with Crippen LogP contribution in [0.2, 0.25) is 0 Å². The van der Waals surface area contributed by atoms with Crippen molar-refractivity contribution in [1.29, 1.82) is 0 Å². The van der Waals surface area contributed by atoms with Crippen LogP contribution >= 0.6 is 0 Å². The molecule has 1 aromatic rings. The second kappa shape index (κ2) is 5.79. The van der Waals surface area contributed by atoms with E-state index in [0.29, 0.717) is 5.56 Å². The molecular formula is C12H14N2O3. The van der Waals surface area contributed by atoms with Crippen molar-refractivity contribution < 1.29 is 9.72 Å². The molecule has 0 aliphatic carbocycles. The van der Waals surface area contributed by atoms with E-state index < -0.39 is 4.92 Å². The summed E-state index contributed by atoms with van der Waals surface area (Å²) in [7, 11) is 1.61. The van der Waals surface area contributed by atoms with Crippen LogP contribution in [0.15, 0.2) is 36.4 Å². The van der Waals surface area contributed by atoms with Crippen LogP contribution in [0.4, 0.5) is 5.69 Å². The molecule has 0 aliphatic heterocycles. The average Bonchev–Trinajstić information content (AvgIpc) is 2.29. The van der Waals surface area contributed by atoms with Gasteiger partial charge in [-0.25, -0.2) is 0 Å². The van der Waals surface area contributed by atoms with Gasteiger partial charge >= 0.3 is 0 Å². The zero-order valence-electron chi connectivity index (χ0n) is 9.79. The Morgan fingerprint density at radius 1 is 1.47 bits per heavy atom. The van der Waals surface area contributed by atoms with E-state index in [9.17, 15) is 14.9 Å². The Morgan fingerprint density at radius 3 is 2.71 bits per heavy atom. The predicted molar refractivity (Wildman–Crippen MR) is 64.4 cm³/mol. The number of carbonyl (C=O) groups is 1. The summed E-state index contributed by atoms with van der Waals surface area (Å²) in [6.07, 6.45) is 3.06. The minimum atomic E-state index is -0.441. The van der Waals surface area contributed by atoms with Crippen LogP contribution in [-0.4, -0.2) is 22.8 Å². The largest absolute Gasteiger partial charge is 0.338 e. The minimum absolute atomic E-state index is 0.0348. The van der Waals surface area contributed by atoms with Crippen molar-refractivity contribution in [2.24, 2.45) is 0 Å². The molecule has 0 saturated heterocycles. The van der Waals surface area contributed by atoms with Gasteiger partial charge in [-0.2, -0.15) is 0 Å². The molecule has 0 bridgehead atoms. The van der Waals surface area contributed by atoms with Gasteiger partial charge in [-0.1, -0.05) is 24.3 Å². The molecule has 17 heavy (non-hydrogen) atoms. The maximum absolute atomic E-state index is 11.5. The van der Waals surface area contributed by atoms with Gasteiger partial charge in [0.05, 0.1) is 11.5 Å². The molecule has 5 heteroatoms. The third-order valence-corrected chi connectivity index (χ3v) is 2.28. The summed E-state index contributed by atoms with van der Waals surface area (Å²) in [5, 5.41) is 10.8. The minimum Gasteiger partial charge on any atom is -0.338 e. The fourth-order valence-corrected chi connectivity index (χ4v) is 1.43. The number of allylic oxidation sites excluding steroid dienone is 1. The summed E-state index contributed by atoms with van der Waals surface area (Å²) in [5.41, 5.74) is 0.561. The van der Waals surface area contributed by atoms with Crippen molar-refractivity contribution in [2.75, 3.05) is 7.05 Å². The van der Waals surface area contributed by atoms with Crippen LogP contribution in [0, 0.1) is 10.1 Å². The van der Waals surface area contributed by atoms with E-state index in [1.165, 1.54) is 17.0 Å². The highest BCUT2D eigenvalue weighted by Gasteiger charge is 2.15. The monoisotopic (exact) mass is 234 g/mol. The predicted octanol–water partition coefficient (Wildman–Crippen LogP) is 2.13. The molecule has 0 unspecified atom stereocenters. The molecule has 0 N–H and O–H groups in total. The van der Waals surface area contributed by atoms with Crippen LogP contribution in [0.3, 0.4) is 0 Å². The number of para-hydroxylation sites is 1. The molecule has 90 valence electrons. The van der Waals surface area contributed by atoms with Crippen molar-refractivity contribution in [3.05, 3.63) is 52.1 Å². The van der Waals surface area contributed by atoms with Crippen molar-refractivity contribution >= 4 is 11.6 Å². The number of likely N-dealkylation sites (N-methyl/N-ethyl adjacent to an activating group) is 1. The maximum Gasteiger partial charge on any atom is 0.274 e. The second-order valence-electron chi connectivity index (χ2n) is 3.58. The Hall–Kier alpha value is -2.17. The molecule has 1 rings (SSSR count). The number of nitrogens with zero attached hydrogens (tertiary/aromatic N) is 2. The fourth-order valence-electron chi connectivity index (χ4n) is 1.43. The summed E-state index contributed by atoms with van der Waals surface area (Å²) in [6.45, 7) is 1.97. The lowest BCUT2D eigenvalue weighted by atomic mass is 10.1. The summed E-state index contributed by atoms with van der Waals surface area (Å²) in [5.74, 6) is -0.175. The highest BCUT2D eigenvalue weighted by Crippen LogP contribution is 2.18. The summed E-state index contributed by atoms with van der Waals surface area (Å²) in [6, 6.07) is 6.41. The molecule has 0 radical (unpaired) electrons. The van der Waals surface area contributed by atoms with E-state index >= 15 is 0 Å². The van der Waals surface area contributed by atoms with E-state index in [1.54, 1.807) is 38.2 Å². The van der Waals surface area contributed by atoms with Gasteiger partial charge in [-0.05, 0) is 13.0 Å². The van der Waals surface area contributed by atoms with Crippen LogP contribution in [0.1, 0.15) is 12.5 Å². The number of amides is 1. The maximum atomic E-state index is 11.5. The van der Waals surface area contributed by atoms with Gasteiger partial charge in [-0.15, -0.1) is 0 Å². The van der Waals surface area contributed by atoms with Crippen LogP contribution in [0.5, 0.6) is 0 Å². The van der Waals surface area contributed by atoms with E-state index in [0.717, 1.165) is 0 Å². The molecule has 0 fully saturated rings. The zero-order valence-corrected chi connectivity index (χ0v) is 9.79. The van der Waals surface area contributed by atoms with E-state index in [-0.39, 0.29) is 18.1 Å². The van der Waals surface area contributed by atoms with Gasteiger partial charge in [0.2, 0.25) is 5.91 Å². The second-order valence-corrected chi connectivity index (χ2v) is 3.58. The van der Waals surface area contributed by atoms with Crippen molar-refractivity contribution in [3.8, 4) is 0 Å². The number of hydrogen-bond acceptors (Lipinski definition) is 3. The molecule has 0 heterocycles. The first-order chi connectivity index (χ1) is 8.06. The topological polar surface area (TPSA) is 63.5 Å². The van der Waals surface area contributed by atoms with Crippen molar-refractivity contribution in [3.63, 3.8) is 0 Å². The van der Waals surface area contributed by atoms with Crippen LogP contribution in [-0.2, 0) is 11.3 Å². The summed E-state index contributed by atoms with van der Waals surface area (Å²) < 4.78 is 0. The van der Waals surface area contributed by atoms with Crippen molar-refractivity contribution in [1.82, 2.24) is 4.90 Å². The molecule has 0 atom stereocenters. The lowest BCUT2D eigenvalue weighted by molar-refractivity contribution is -0.385. The van der Waals surface area contributed by atoms with Gasteiger partial charge in [0.1, 0.15) is 0 Å². The number of benzene rings is 1. The lowest BCUT2D eigenvalue weighted by Crippen LogP contribution is -2.24. The fraction of sp³-hybridized carbons (Fsp3) is 0.250. The highest BCUT2D eigenvalue weighted by molar-refractivity contribution is 5.87. The molecule has 0 aromatic heterocycles. The van der Waals surface area contributed by atoms with E-state index in [1.807, 2.05) is 0 Å². The van der Waals surface area contributed by atoms with Gasteiger partial charge in [0, 0.05) is 18.7 Å². The third kappa shape index (κ3) is 3.41. The molecule has 0 spiro atoms. The molecule has 1 aromatic carbocycles. The third-order valence-electron chi connectivity index (χ3n) is 2.28. The van der Waals surface area contributed by atoms with Crippen LogP contribution < -0.4 is 0 Å². The Labute approximate surface area is 99.5 Å². The Kier molecular flexibility index (Phi) is 4.39. The molecule has 1 amide bonds. The number of rotatable bonds is 4. The van der Waals surface area contributed by atoms with Gasteiger partial charge in [0.15, 0.2) is 0 Å². The van der Waals surface area contributed by atoms with E-state index in [4.69, 9.17) is 0 Å². The smallest absolute Gasteiger partial charge is 0.274 e. The number of carbonyl (C=O) groups excluding carboxylic acids is 1. The van der Waals surface area contributed by atoms with E-state index in [2.05, 4.69) is 0 Å². The number of nitro benzene ring substituents is 1. The molecule has 0 aliphatic rings. The van der Waals surface area contributed by atoms with Gasteiger partial charge in [0.25, 0.3) is 5.69 Å². The van der Waals surface area contributed by atoms with Gasteiger partial charge < -0.3 is 4.90 Å². The zero-order chi connectivity index (χ0) is 12.8. The Bertz CT molecular complexity index is 455. The first-order valence-corrected chi connectivity index (χ1v) is 5.16. The number of hydrogen-bond donors (Lipinski definition) is 0. The highest BCUT2D eigenvalue weighted by atomic mass is 16.6. The molecule has 5 nitrogen and oxygen atoms in total. The Morgan fingerprint density at radius 2 is 2.12 bits per heavy atom. The first kappa shape index (κ1) is 12.9.